The van der Waals surface area contributed by atoms with Gasteiger partial charge < -0.3 is 14.8 Å². The van der Waals surface area contributed by atoms with E-state index in [0.29, 0.717) is 5.69 Å². The number of ether oxygens (including phenoxy) is 2. The van der Waals surface area contributed by atoms with Gasteiger partial charge in [-0.2, -0.15) is 13.2 Å². The lowest BCUT2D eigenvalue weighted by atomic mass is 10.4. The second-order valence-corrected chi connectivity index (χ2v) is 4.20. The Labute approximate surface area is 114 Å². The Morgan fingerprint density at radius 2 is 2.10 bits per heavy atom. The van der Waals surface area contributed by atoms with Crippen molar-refractivity contribution in [1.82, 2.24) is 4.98 Å². The molecule has 1 aromatic heterocycles. The first kappa shape index (κ1) is 16.2. The topological polar surface area (TPSA) is 60.5 Å². The summed E-state index contributed by atoms with van der Waals surface area (Å²) in [6.07, 6.45) is -3.28. The highest BCUT2D eigenvalue weighted by Gasteiger charge is 2.28. The molecule has 0 aromatic carbocycles. The van der Waals surface area contributed by atoms with Crippen LogP contribution in [0.3, 0.4) is 0 Å². The molecule has 0 fully saturated rings. The van der Waals surface area contributed by atoms with E-state index in [1.54, 1.807) is 13.8 Å². The monoisotopic (exact) mass is 292 g/mol. The van der Waals surface area contributed by atoms with E-state index in [2.05, 4.69) is 15.0 Å². The van der Waals surface area contributed by atoms with Crippen LogP contribution in [0.4, 0.5) is 18.9 Å². The summed E-state index contributed by atoms with van der Waals surface area (Å²) in [5.74, 6) is -0.539. The molecule has 0 saturated carbocycles. The summed E-state index contributed by atoms with van der Waals surface area (Å²) in [7, 11) is 0. The highest BCUT2D eigenvalue weighted by Crippen LogP contribution is 2.17. The molecule has 0 unspecified atom stereocenters. The van der Waals surface area contributed by atoms with Crippen LogP contribution in [0.2, 0.25) is 0 Å². The van der Waals surface area contributed by atoms with Crippen LogP contribution in [0.25, 0.3) is 0 Å². The van der Waals surface area contributed by atoms with Crippen molar-refractivity contribution in [3.05, 3.63) is 18.3 Å². The molecule has 0 spiro atoms. The summed E-state index contributed by atoms with van der Waals surface area (Å²) in [6.45, 7) is 2.07. The molecule has 1 heterocycles. The number of nitrogens with one attached hydrogen (secondary N) is 1. The molecule has 0 aliphatic carbocycles. The van der Waals surface area contributed by atoms with Crippen molar-refractivity contribution >= 4 is 11.6 Å². The molecular formula is C12H15F3N2O3. The highest BCUT2D eigenvalue weighted by molar-refractivity contribution is 5.91. The second-order valence-electron chi connectivity index (χ2n) is 4.20. The van der Waals surface area contributed by atoms with Gasteiger partial charge in [-0.15, -0.1) is 0 Å². The minimum Gasteiger partial charge on any atom is -0.468 e. The van der Waals surface area contributed by atoms with Crippen molar-refractivity contribution in [3.8, 4) is 5.88 Å². The van der Waals surface area contributed by atoms with Crippen LogP contribution < -0.4 is 10.1 Å². The van der Waals surface area contributed by atoms with E-state index in [1.165, 1.54) is 18.3 Å². The van der Waals surface area contributed by atoms with Crippen molar-refractivity contribution in [2.24, 2.45) is 0 Å². The van der Waals surface area contributed by atoms with Crippen LogP contribution in [0.5, 0.6) is 5.88 Å². The summed E-state index contributed by atoms with van der Waals surface area (Å²) in [4.78, 5) is 15.1. The summed E-state index contributed by atoms with van der Waals surface area (Å²) in [5, 5.41) is 2.49. The molecule has 0 aliphatic heterocycles. The zero-order chi connectivity index (χ0) is 15.2. The van der Waals surface area contributed by atoms with Crippen molar-refractivity contribution in [2.75, 3.05) is 18.5 Å². The molecule has 1 N–H and O–H groups in total. The van der Waals surface area contributed by atoms with Crippen LogP contribution in [-0.4, -0.2) is 36.4 Å². The number of pyridine rings is 1. The second kappa shape index (κ2) is 7.09. The lowest BCUT2D eigenvalue weighted by Crippen LogP contribution is -2.21. The zero-order valence-corrected chi connectivity index (χ0v) is 11.0. The van der Waals surface area contributed by atoms with E-state index in [0.717, 1.165) is 0 Å². The average Bonchev–Trinajstić information content (AvgIpc) is 2.34. The first-order valence-electron chi connectivity index (χ1n) is 5.83. The molecule has 112 valence electrons. The van der Waals surface area contributed by atoms with Gasteiger partial charge in [0.2, 0.25) is 11.8 Å². The molecule has 5 nitrogen and oxygen atoms in total. The van der Waals surface area contributed by atoms with E-state index in [4.69, 9.17) is 4.74 Å². The molecule has 0 saturated heterocycles. The fraction of sp³-hybridized carbons (Fsp3) is 0.500. The van der Waals surface area contributed by atoms with Crippen LogP contribution in [-0.2, 0) is 9.53 Å². The van der Waals surface area contributed by atoms with Gasteiger partial charge in [-0.25, -0.2) is 4.98 Å². The van der Waals surface area contributed by atoms with Gasteiger partial charge >= 0.3 is 6.18 Å². The Morgan fingerprint density at radius 3 is 2.60 bits per heavy atom. The number of amides is 1. The molecule has 20 heavy (non-hydrogen) atoms. The number of alkyl halides is 3. The van der Waals surface area contributed by atoms with Gasteiger partial charge in [0, 0.05) is 6.07 Å². The standard InChI is InChI=1S/C12H15F3N2O3/c1-8(2)19-6-10(18)17-9-3-4-11(16-5-9)20-7-12(13,14)15/h3-5,8H,6-7H2,1-2H3,(H,17,18). The first-order valence-corrected chi connectivity index (χ1v) is 5.83. The molecule has 1 aromatic rings. The van der Waals surface area contributed by atoms with Gasteiger partial charge in [-0.3, -0.25) is 4.79 Å². The van der Waals surface area contributed by atoms with E-state index in [9.17, 15) is 18.0 Å². The number of carbonyl (C=O) groups excluding carboxylic acids is 1. The van der Waals surface area contributed by atoms with E-state index in [-0.39, 0.29) is 24.5 Å². The lowest BCUT2D eigenvalue weighted by Gasteiger charge is -2.10. The molecule has 0 bridgehead atoms. The van der Waals surface area contributed by atoms with Crippen molar-refractivity contribution in [1.29, 1.82) is 0 Å². The predicted octanol–water partition coefficient (Wildman–Crippen LogP) is 2.39. The van der Waals surface area contributed by atoms with E-state index >= 15 is 0 Å². The first-order chi connectivity index (χ1) is 9.26. The maximum absolute atomic E-state index is 11.9. The van der Waals surface area contributed by atoms with Crippen LogP contribution in [0.15, 0.2) is 18.3 Å². The number of hydrogen-bond acceptors (Lipinski definition) is 4. The Hall–Kier alpha value is -1.83. The van der Waals surface area contributed by atoms with Gasteiger partial charge in [0.15, 0.2) is 6.61 Å². The number of carbonyl (C=O) groups is 1. The normalized spacial score (nSPS) is 11.5. The number of nitrogens with zero attached hydrogens (tertiary/aromatic N) is 1. The van der Waals surface area contributed by atoms with Crippen molar-refractivity contribution in [2.45, 2.75) is 26.1 Å². The van der Waals surface area contributed by atoms with Gasteiger partial charge in [-0.1, -0.05) is 0 Å². The summed E-state index contributed by atoms with van der Waals surface area (Å²) < 4.78 is 45.3. The Morgan fingerprint density at radius 1 is 1.40 bits per heavy atom. The van der Waals surface area contributed by atoms with Crippen molar-refractivity contribution in [3.63, 3.8) is 0 Å². The fourth-order valence-corrected chi connectivity index (χ4v) is 1.13. The third-order valence-corrected chi connectivity index (χ3v) is 1.95. The number of halogens is 3. The Bertz CT molecular complexity index is 433. The number of rotatable bonds is 6. The zero-order valence-electron chi connectivity index (χ0n) is 11.0. The molecule has 1 rings (SSSR count). The summed E-state index contributed by atoms with van der Waals surface area (Å²) in [6, 6.07) is 2.64. The third-order valence-electron chi connectivity index (χ3n) is 1.95. The SMILES string of the molecule is CC(C)OCC(=O)Nc1ccc(OCC(F)(F)F)nc1. The van der Waals surface area contributed by atoms with Crippen LogP contribution in [0, 0.1) is 0 Å². The smallest absolute Gasteiger partial charge is 0.422 e. The Kier molecular flexibility index (Phi) is 5.75. The summed E-state index contributed by atoms with van der Waals surface area (Å²) in [5.41, 5.74) is 0.349. The van der Waals surface area contributed by atoms with Gasteiger partial charge in [-0.05, 0) is 19.9 Å². The summed E-state index contributed by atoms with van der Waals surface area (Å²) >= 11 is 0. The molecule has 0 radical (unpaired) electrons. The molecule has 8 heteroatoms. The number of anilines is 1. The average molecular weight is 292 g/mol. The van der Waals surface area contributed by atoms with Crippen molar-refractivity contribution < 1.29 is 27.4 Å². The van der Waals surface area contributed by atoms with Crippen LogP contribution >= 0.6 is 0 Å². The quantitative estimate of drug-likeness (QED) is 0.874. The number of hydrogen-bond donors (Lipinski definition) is 1. The Balaban J connectivity index is 2.44. The predicted molar refractivity (Wildman–Crippen MR) is 65.5 cm³/mol. The van der Waals surface area contributed by atoms with Gasteiger partial charge in [0.1, 0.15) is 6.61 Å². The fourth-order valence-electron chi connectivity index (χ4n) is 1.13. The molecule has 0 aliphatic rings. The maximum Gasteiger partial charge on any atom is 0.422 e. The van der Waals surface area contributed by atoms with Gasteiger partial charge in [0.25, 0.3) is 0 Å². The number of aromatic nitrogens is 1. The minimum atomic E-state index is -4.41. The van der Waals surface area contributed by atoms with E-state index in [1.807, 2.05) is 0 Å². The van der Waals surface area contributed by atoms with Gasteiger partial charge in [0.05, 0.1) is 18.0 Å². The largest absolute Gasteiger partial charge is 0.468 e. The third kappa shape index (κ3) is 6.93. The maximum atomic E-state index is 11.9. The minimum absolute atomic E-state index is 0.0722. The van der Waals surface area contributed by atoms with Crippen LogP contribution in [0.1, 0.15) is 13.8 Å². The lowest BCUT2D eigenvalue weighted by molar-refractivity contribution is -0.154. The highest BCUT2D eigenvalue weighted by atomic mass is 19.4. The molecule has 1 amide bonds. The molecule has 0 atom stereocenters. The molecular weight excluding hydrogens is 277 g/mol. The van der Waals surface area contributed by atoms with E-state index < -0.39 is 12.8 Å².